The predicted octanol–water partition coefficient (Wildman–Crippen LogP) is 2.14. The summed E-state index contributed by atoms with van der Waals surface area (Å²) in [6.07, 6.45) is 1.17. The van der Waals surface area contributed by atoms with Gasteiger partial charge in [0.05, 0.1) is 26.4 Å². The molecule has 1 aliphatic rings. The summed E-state index contributed by atoms with van der Waals surface area (Å²) >= 11 is 0. The molecule has 5 nitrogen and oxygen atoms in total. The Kier molecular flexibility index (Phi) is 7.90. The Hall–Kier alpha value is -1.59. The summed E-state index contributed by atoms with van der Waals surface area (Å²) in [5, 5.41) is 3.38. The van der Waals surface area contributed by atoms with Crippen molar-refractivity contribution in [1.82, 2.24) is 10.2 Å². The van der Waals surface area contributed by atoms with Crippen LogP contribution in [0.5, 0.6) is 0 Å². The monoisotopic (exact) mass is 319 g/mol. The Morgan fingerprint density at radius 1 is 1.35 bits per heavy atom. The highest BCUT2D eigenvalue weighted by atomic mass is 16.5. The number of nitrogens with one attached hydrogen (secondary N) is 1. The van der Waals surface area contributed by atoms with Crippen molar-refractivity contribution in [2.45, 2.75) is 20.0 Å². The summed E-state index contributed by atoms with van der Waals surface area (Å²) in [5.41, 5.74) is 1.20. The number of likely N-dealkylation sites (tertiary alicyclic amines) is 1. The van der Waals surface area contributed by atoms with Gasteiger partial charge in [-0.15, -0.1) is 0 Å². The summed E-state index contributed by atoms with van der Waals surface area (Å²) < 4.78 is 11.0. The van der Waals surface area contributed by atoms with Gasteiger partial charge in [-0.1, -0.05) is 30.3 Å². The minimum Gasteiger partial charge on any atom is -0.384 e. The number of benzene rings is 1. The lowest BCUT2D eigenvalue weighted by atomic mass is 10.1. The fraction of sp³-hybridized carbons (Fsp3) is 0.611. The molecule has 0 aromatic heterocycles. The molecule has 0 spiro atoms. The number of methoxy groups -OCH3 is 1. The molecule has 5 heteroatoms. The minimum atomic E-state index is 0.609. The van der Waals surface area contributed by atoms with Crippen LogP contribution in [0.25, 0.3) is 0 Å². The smallest absolute Gasteiger partial charge is 0.194 e. The molecule has 1 aromatic rings. The molecule has 0 bridgehead atoms. The average molecular weight is 319 g/mol. The van der Waals surface area contributed by atoms with E-state index in [0.29, 0.717) is 25.7 Å². The molecule has 1 unspecified atom stereocenters. The van der Waals surface area contributed by atoms with Crippen molar-refractivity contribution in [3.05, 3.63) is 35.9 Å². The van der Waals surface area contributed by atoms with E-state index in [0.717, 1.165) is 32.2 Å². The van der Waals surface area contributed by atoms with Gasteiger partial charge >= 0.3 is 0 Å². The third-order valence-corrected chi connectivity index (χ3v) is 3.93. The van der Waals surface area contributed by atoms with Crippen LogP contribution in [-0.4, -0.2) is 57.4 Å². The minimum absolute atomic E-state index is 0.609. The molecular formula is C18H29N3O2. The van der Waals surface area contributed by atoms with Gasteiger partial charge in [-0.2, -0.15) is 0 Å². The molecule has 0 aliphatic carbocycles. The topological polar surface area (TPSA) is 46.1 Å². The molecule has 2 rings (SSSR count). The molecule has 1 heterocycles. The maximum absolute atomic E-state index is 5.70. The van der Waals surface area contributed by atoms with Crippen LogP contribution in [0, 0.1) is 5.92 Å². The summed E-state index contributed by atoms with van der Waals surface area (Å²) in [6, 6.07) is 10.2. The number of aliphatic imine (C=N–C) groups is 1. The first-order valence-electron chi connectivity index (χ1n) is 8.47. The second-order valence-electron chi connectivity index (χ2n) is 5.83. The van der Waals surface area contributed by atoms with Gasteiger partial charge < -0.3 is 19.7 Å². The highest BCUT2D eigenvalue weighted by molar-refractivity contribution is 5.80. The zero-order valence-electron chi connectivity index (χ0n) is 14.3. The van der Waals surface area contributed by atoms with Gasteiger partial charge in [0.1, 0.15) is 0 Å². The molecule has 0 amide bonds. The maximum atomic E-state index is 5.70. The second kappa shape index (κ2) is 10.2. The van der Waals surface area contributed by atoms with E-state index in [9.17, 15) is 0 Å². The first-order valence-corrected chi connectivity index (χ1v) is 8.47. The molecule has 1 saturated heterocycles. The molecule has 1 aromatic carbocycles. The van der Waals surface area contributed by atoms with E-state index in [4.69, 9.17) is 9.47 Å². The van der Waals surface area contributed by atoms with Crippen molar-refractivity contribution in [3.8, 4) is 0 Å². The van der Waals surface area contributed by atoms with E-state index in [-0.39, 0.29) is 0 Å². The number of rotatable bonds is 8. The molecule has 23 heavy (non-hydrogen) atoms. The quantitative estimate of drug-likeness (QED) is 0.453. The second-order valence-corrected chi connectivity index (χ2v) is 5.83. The van der Waals surface area contributed by atoms with E-state index >= 15 is 0 Å². The maximum Gasteiger partial charge on any atom is 0.194 e. The molecule has 1 fully saturated rings. The molecule has 1 atom stereocenters. The summed E-state index contributed by atoms with van der Waals surface area (Å²) in [5.74, 6) is 1.60. The van der Waals surface area contributed by atoms with Crippen LogP contribution in [0.1, 0.15) is 18.9 Å². The van der Waals surface area contributed by atoms with Crippen molar-refractivity contribution in [2.75, 3.05) is 46.5 Å². The van der Waals surface area contributed by atoms with Crippen LogP contribution in [0.3, 0.4) is 0 Å². The van der Waals surface area contributed by atoms with Crippen LogP contribution in [0.2, 0.25) is 0 Å². The highest BCUT2D eigenvalue weighted by Crippen LogP contribution is 2.16. The third kappa shape index (κ3) is 6.20. The van der Waals surface area contributed by atoms with E-state index in [1.165, 1.54) is 12.0 Å². The first-order chi connectivity index (χ1) is 11.3. The molecular weight excluding hydrogens is 290 g/mol. The molecule has 1 N–H and O–H groups in total. The Morgan fingerprint density at radius 2 is 2.17 bits per heavy atom. The predicted molar refractivity (Wildman–Crippen MR) is 93.6 cm³/mol. The van der Waals surface area contributed by atoms with E-state index in [2.05, 4.69) is 34.3 Å². The summed E-state index contributed by atoms with van der Waals surface area (Å²) in [4.78, 5) is 7.01. The average Bonchev–Trinajstić information content (AvgIpc) is 3.03. The standard InChI is InChI=1S/C18H29N3O2/c1-3-19-18(21-11-9-17(13-21)14-22-2)20-10-12-23-15-16-7-5-4-6-8-16/h4-8,17H,3,9-15H2,1-2H3,(H,19,20). The summed E-state index contributed by atoms with van der Waals surface area (Å²) in [6.45, 7) is 7.84. The SMILES string of the molecule is CCNC(=NCCOCc1ccccc1)N1CCC(COC)C1. The van der Waals surface area contributed by atoms with Gasteiger partial charge in [-0.05, 0) is 18.9 Å². The number of nitrogens with zero attached hydrogens (tertiary/aromatic N) is 2. The molecule has 1 aliphatic heterocycles. The van der Waals surface area contributed by atoms with Crippen molar-refractivity contribution >= 4 is 5.96 Å². The Balaban J connectivity index is 1.73. The van der Waals surface area contributed by atoms with Gasteiger partial charge in [-0.25, -0.2) is 0 Å². The molecule has 0 radical (unpaired) electrons. The third-order valence-electron chi connectivity index (χ3n) is 3.93. The Morgan fingerprint density at radius 3 is 2.91 bits per heavy atom. The fourth-order valence-corrected chi connectivity index (χ4v) is 2.80. The van der Waals surface area contributed by atoms with Crippen molar-refractivity contribution in [2.24, 2.45) is 10.9 Å². The lowest BCUT2D eigenvalue weighted by Gasteiger charge is -2.21. The van der Waals surface area contributed by atoms with Gasteiger partial charge in [0.25, 0.3) is 0 Å². The lowest BCUT2D eigenvalue weighted by Crippen LogP contribution is -2.40. The van der Waals surface area contributed by atoms with E-state index in [1.54, 1.807) is 7.11 Å². The first kappa shape index (κ1) is 17.8. The lowest BCUT2D eigenvalue weighted by molar-refractivity contribution is 0.128. The van der Waals surface area contributed by atoms with E-state index < -0.39 is 0 Å². The molecule has 128 valence electrons. The zero-order chi connectivity index (χ0) is 16.3. The number of hydrogen-bond acceptors (Lipinski definition) is 3. The largest absolute Gasteiger partial charge is 0.384 e. The van der Waals surface area contributed by atoms with Gasteiger partial charge in [0.2, 0.25) is 0 Å². The van der Waals surface area contributed by atoms with E-state index in [1.807, 2.05) is 18.2 Å². The van der Waals surface area contributed by atoms with Crippen molar-refractivity contribution in [3.63, 3.8) is 0 Å². The van der Waals surface area contributed by atoms with Gasteiger partial charge in [0, 0.05) is 32.7 Å². The normalized spacial score (nSPS) is 18.4. The summed E-state index contributed by atoms with van der Waals surface area (Å²) in [7, 11) is 1.77. The fourth-order valence-electron chi connectivity index (χ4n) is 2.80. The van der Waals surface area contributed by atoms with Crippen LogP contribution >= 0.6 is 0 Å². The number of hydrogen-bond donors (Lipinski definition) is 1. The van der Waals surface area contributed by atoms with Gasteiger partial charge in [-0.3, -0.25) is 4.99 Å². The Bertz CT molecular complexity index is 465. The van der Waals surface area contributed by atoms with Gasteiger partial charge in [0.15, 0.2) is 5.96 Å². The van der Waals surface area contributed by atoms with Crippen LogP contribution in [-0.2, 0) is 16.1 Å². The van der Waals surface area contributed by atoms with Crippen LogP contribution < -0.4 is 5.32 Å². The zero-order valence-corrected chi connectivity index (χ0v) is 14.3. The Labute approximate surface area is 139 Å². The number of guanidine groups is 1. The van der Waals surface area contributed by atoms with Crippen LogP contribution in [0.15, 0.2) is 35.3 Å². The van der Waals surface area contributed by atoms with Crippen molar-refractivity contribution in [1.29, 1.82) is 0 Å². The highest BCUT2D eigenvalue weighted by Gasteiger charge is 2.24. The van der Waals surface area contributed by atoms with Crippen molar-refractivity contribution < 1.29 is 9.47 Å². The number of ether oxygens (including phenoxy) is 2. The van der Waals surface area contributed by atoms with Crippen LogP contribution in [0.4, 0.5) is 0 Å². The molecule has 0 saturated carbocycles.